The van der Waals surface area contributed by atoms with Crippen molar-refractivity contribution < 1.29 is 22.4 Å². The van der Waals surface area contributed by atoms with Crippen molar-refractivity contribution in [1.82, 2.24) is 15.0 Å². The number of carbonyl (C=O) groups is 2. The van der Waals surface area contributed by atoms with Crippen LogP contribution >= 0.6 is 0 Å². The molecule has 0 spiro atoms. The molecule has 2 atom stereocenters. The number of aromatic nitrogens is 1. The lowest BCUT2D eigenvalue weighted by Gasteiger charge is -2.25. The molecule has 9 nitrogen and oxygen atoms in total. The van der Waals surface area contributed by atoms with Gasteiger partial charge in [0.25, 0.3) is 15.9 Å². The molecule has 1 amide bonds. The molecule has 196 valence electrons. The van der Waals surface area contributed by atoms with Crippen molar-refractivity contribution in [3.8, 4) is 0 Å². The molecule has 0 bridgehead atoms. The van der Waals surface area contributed by atoms with E-state index in [1.807, 2.05) is 0 Å². The summed E-state index contributed by atoms with van der Waals surface area (Å²) in [7, 11) is -3.81. The molecule has 2 N–H and O–H groups in total. The van der Waals surface area contributed by atoms with Gasteiger partial charge in [0.2, 0.25) is 11.7 Å². The minimum absolute atomic E-state index is 0.0590. The number of hydrogen-bond donors (Lipinski definition) is 2. The predicted octanol–water partition coefficient (Wildman–Crippen LogP) is 4.25. The van der Waals surface area contributed by atoms with Crippen molar-refractivity contribution in [3.05, 3.63) is 60.5 Å². The number of nitrogens with zero attached hydrogens (tertiary/aromatic N) is 2. The van der Waals surface area contributed by atoms with Gasteiger partial charge in [-0.2, -0.15) is 0 Å². The highest BCUT2D eigenvalue weighted by Crippen LogP contribution is 2.28. The minimum Gasteiger partial charge on any atom is -0.434 e. The zero-order chi connectivity index (χ0) is 26.3. The maximum absolute atomic E-state index is 13.3. The number of Topliss-reactive ketones (excluding diaryl/α,β-unsaturated/α-hetero) is 1. The lowest BCUT2D eigenvalue weighted by atomic mass is 9.84. The Labute approximate surface area is 216 Å². The summed E-state index contributed by atoms with van der Waals surface area (Å²) in [4.78, 5) is 35.1. The molecular formula is C27H32N4O5S. The molecule has 2 aromatic carbocycles. The molecule has 0 radical (unpaired) electrons. The lowest BCUT2D eigenvalue weighted by molar-refractivity contribution is -0.123. The fraction of sp³-hybridized carbons (Fsp3) is 0.407. The number of carbonyl (C=O) groups excluding carboxylic acids is 2. The Morgan fingerprint density at radius 3 is 2.49 bits per heavy atom. The molecule has 0 saturated heterocycles. The SMILES string of the molecule is CC[C@H](NC(=O)[C@H](CC1CCCCC1)N=CNS(=O)(=O)c1ccccc1)C(=O)c1nc2ccccc2o1. The first kappa shape index (κ1) is 26.5. The van der Waals surface area contributed by atoms with Gasteiger partial charge in [0.15, 0.2) is 5.58 Å². The number of fused-ring (bicyclic) bond motifs is 1. The van der Waals surface area contributed by atoms with Crippen molar-refractivity contribution in [3.63, 3.8) is 0 Å². The number of sulfonamides is 1. The summed E-state index contributed by atoms with van der Waals surface area (Å²) in [5, 5.41) is 2.80. The number of aliphatic imine (C=N–C) groups is 1. The summed E-state index contributed by atoms with van der Waals surface area (Å²) < 4.78 is 33.0. The summed E-state index contributed by atoms with van der Waals surface area (Å²) >= 11 is 0. The van der Waals surface area contributed by atoms with E-state index < -0.39 is 33.8 Å². The second kappa shape index (κ2) is 12.1. The monoisotopic (exact) mass is 524 g/mol. The average Bonchev–Trinajstić information content (AvgIpc) is 3.36. The van der Waals surface area contributed by atoms with Gasteiger partial charge in [-0.25, -0.2) is 13.4 Å². The second-order valence-corrected chi connectivity index (χ2v) is 11.0. The Morgan fingerprint density at radius 1 is 1.08 bits per heavy atom. The van der Waals surface area contributed by atoms with Crippen LogP contribution in [0, 0.1) is 5.92 Å². The van der Waals surface area contributed by atoms with E-state index in [9.17, 15) is 18.0 Å². The fourth-order valence-electron chi connectivity index (χ4n) is 4.58. The van der Waals surface area contributed by atoms with Crippen LogP contribution in [0.15, 0.2) is 68.9 Å². The molecule has 1 aliphatic carbocycles. The molecular weight excluding hydrogens is 492 g/mol. The molecule has 0 aliphatic heterocycles. The van der Waals surface area contributed by atoms with Crippen LogP contribution in [0.25, 0.3) is 11.1 Å². The summed E-state index contributed by atoms with van der Waals surface area (Å²) in [5.74, 6) is -0.606. The van der Waals surface area contributed by atoms with Gasteiger partial charge in [-0.15, -0.1) is 0 Å². The van der Waals surface area contributed by atoms with Crippen molar-refractivity contribution >= 4 is 39.2 Å². The molecule has 37 heavy (non-hydrogen) atoms. The number of nitrogens with one attached hydrogen (secondary N) is 2. The molecule has 1 aromatic heterocycles. The first-order chi connectivity index (χ1) is 17.9. The zero-order valence-electron chi connectivity index (χ0n) is 20.8. The third-order valence-electron chi connectivity index (χ3n) is 6.65. The van der Waals surface area contributed by atoms with E-state index in [4.69, 9.17) is 4.42 Å². The molecule has 1 saturated carbocycles. The van der Waals surface area contributed by atoms with Crippen LogP contribution < -0.4 is 10.0 Å². The van der Waals surface area contributed by atoms with Gasteiger partial charge < -0.3 is 9.73 Å². The Kier molecular flexibility index (Phi) is 8.70. The molecule has 4 rings (SSSR count). The summed E-state index contributed by atoms with van der Waals surface area (Å²) in [6.07, 6.45) is 7.23. The van der Waals surface area contributed by atoms with E-state index in [0.717, 1.165) is 32.0 Å². The van der Waals surface area contributed by atoms with Crippen molar-refractivity contribution in [2.45, 2.75) is 68.8 Å². The molecule has 0 unspecified atom stereocenters. The van der Waals surface area contributed by atoms with Crippen LogP contribution in [0.4, 0.5) is 0 Å². The van der Waals surface area contributed by atoms with Crippen LogP contribution in [0.5, 0.6) is 0 Å². The van der Waals surface area contributed by atoms with Crippen molar-refractivity contribution in [2.75, 3.05) is 0 Å². The highest BCUT2D eigenvalue weighted by atomic mass is 32.2. The Bertz CT molecular complexity index is 1310. The standard InChI is InChI=1S/C27H32N4O5S/c1-2-21(25(32)27-31-22-15-9-10-16-24(22)36-27)30-26(33)23(17-19-11-5-3-6-12-19)28-18-29-37(34,35)20-13-7-4-8-14-20/h4,7-10,13-16,18-19,21,23H,2-3,5-6,11-12,17H2,1H3,(H,28,29)(H,30,33)/t21-,23-/m0/s1. The van der Waals surface area contributed by atoms with Gasteiger partial charge in [0.05, 0.1) is 17.3 Å². The number of hydrogen-bond acceptors (Lipinski definition) is 7. The number of ketones is 1. The van der Waals surface area contributed by atoms with Crippen LogP contribution in [0.2, 0.25) is 0 Å². The van der Waals surface area contributed by atoms with Crippen molar-refractivity contribution in [2.24, 2.45) is 10.9 Å². The Balaban J connectivity index is 1.48. The van der Waals surface area contributed by atoms with Gasteiger partial charge in [-0.3, -0.25) is 19.3 Å². The number of para-hydroxylation sites is 2. The van der Waals surface area contributed by atoms with Gasteiger partial charge in [-0.05, 0) is 43.0 Å². The van der Waals surface area contributed by atoms with E-state index >= 15 is 0 Å². The molecule has 3 aromatic rings. The van der Waals surface area contributed by atoms with Gasteiger partial charge in [0.1, 0.15) is 11.6 Å². The first-order valence-corrected chi connectivity index (χ1v) is 14.1. The van der Waals surface area contributed by atoms with Crippen LogP contribution in [0.1, 0.15) is 62.6 Å². The maximum atomic E-state index is 13.3. The second-order valence-electron chi connectivity index (χ2n) is 9.29. The number of benzene rings is 2. The number of oxazole rings is 1. The van der Waals surface area contributed by atoms with Crippen LogP contribution in [0.3, 0.4) is 0 Å². The summed E-state index contributed by atoms with van der Waals surface area (Å²) in [6.45, 7) is 1.79. The Morgan fingerprint density at radius 2 is 1.78 bits per heavy atom. The number of amides is 1. The molecule has 1 fully saturated rings. The van der Waals surface area contributed by atoms with E-state index in [-0.39, 0.29) is 10.8 Å². The summed E-state index contributed by atoms with van der Waals surface area (Å²) in [6, 6.07) is 13.3. The molecule has 1 aliphatic rings. The van der Waals surface area contributed by atoms with E-state index in [1.165, 1.54) is 18.6 Å². The zero-order valence-corrected chi connectivity index (χ0v) is 21.6. The van der Waals surface area contributed by atoms with E-state index in [2.05, 4.69) is 20.0 Å². The van der Waals surface area contributed by atoms with Crippen LogP contribution in [-0.4, -0.2) is 43.5 Å². The minimum atomic E-state index is -3.81. The van der Waals surface area contributed by atoms with Crippen molar-refractivity contribution in [1.29, 1.82) is 0 Å². The third kappa shape index (κ3) is 6.82. The molecule has 1 heterocycles. The predicted molar refractivity (Wildman–Crippen MR) is 141 cm³/mol. The quantitative estimate of drug-likeness (QED) is 0.219. The average molecular weight is 525 g/mol. The first-order valence-electron chi connectivity index (χ1n) is 12.7. The lowest BCUT2D eigenvalue weighted by Crippen LogP contribution is -2.45. The van der Waals surface area contributed by atoms with Gasteiger partial charge in [-0.1, -0.05) is 69.4 Å². The van der Waals surface area contributed by atoms with Gasteiger partial charge in [0, 0.05) is 0 Å². The molecule has 10 heteroatoms. The topological polar surface area (TPSA) is 131 Å². The van der Waals surface area contributed by atoms with Crippen LogP contribution in [-0.2, 0) is 14.8 Å². The highest BCUT2D eigenvalue weighted by molar-refractivity contribution is 7.90. The fourth-order valence-corrected chi connectivity index (χ4v) is 5.43. The summed E-state index contributed by atoms with van der Waals surface area (Å²) in [5.41, 5.74) is 1.06. The Hall–Kier alpha value is -3.53. The third-order valence-corrected chi connectivity index (χ3v) is 7.95. The van der Waals surface area contributed by atoms with E-state index in [0.29, 0.717) is 29.9 Å². The number of rotatable bonds is 11. The normalized spacial score (nSPS) is 16.5. The van der Waals surface area contributed by atoms with E-state index in [1.54, 1.807) is 49.4 Å². The smallest absolute Gasteiger partial charge is 0.266 e. The largest absolute Gasteiger partial charge is 0.434 e. The van der Waals surface area contributed by atoms with Gasteiger partial charge >= 0.3 is 0 Å². The maximum Gasteiger partial charge on any atom is 0.266 e. The highest BCUT2D eigenvalue weighted by Gasteiger charge is 2.30.